The Kier molecular flexibility index (Phi) is 3.15. The Morgan fingerprint density at radius 3 is 2.88 bits per heavy atom. The first-order valence-corrected chi connectivity index (χ1v) is 5.76. The number of nitrogens with zero attached hydrogens (tertiary/aromatic N) is 1. The van der Waals surface area contributed by atoms with Crippen molar-refractivity contribution >= 4 is 12.2 Å². The molecular weight excluding hydrogens is 216 g/mol. The van der Waals surface area contributed by atoms with Crippen molar-refractivity contribution in [2.24, 2.45) is 0 Å². The molecule has 0 aliphatic heterocycles. The normalized spacial score (nSPS) is 10.4. The lowest BCUT2D eigenvalue weighted by Crippen LogP contribution is -1.95. The summed E-state index contributed by atoms with van der Waals surface area (Å²) >= 11 is 5.24. The molecule has 3 heteroatoms. The Hall–Kier alpha value is -1.48. The molecule has 0 fully saturated rings. The van der Waals surface area contributed by atoms with Crippen LogP contribution in [0.2, 0.25) is 0 Å². The number of aryl methyl sites for hydroxylation is 1. The van der Waals surface area contributed by atoms with E-state index in [0.29, 0.717) is 4.64 Å². The zero-order valence-corrected chi connectivity index (χ0v) is 10.3. The highest BCUT2D eigenvalue weighted by Gasteiger charge is 2.05. The topological polar surface area (TPSA) is 28.7 Å². The van der Waals surface area contributed by atoms with E-state index >= 15 is 0 Å². The number of hydrogen-bond donors (Lipinski definition) is 1. The van der Waals surface area contributed by atoms with Crippen LogP contribution in [0.1, 0.15) is 18.1 Å². The highest BCUT2D eigenvalue weighted by Crippen LogP contribution is 2.22. The third kappa shape index (κ3) is 2.04. The molecule has 16 heavy (non-hydrogen) atoms. The monoisotopic (exact) mass is 230 g/mol. The van der Waals surface area contributed by atoms with Gasteiger partial charge in [0.15, 0.2) is 0 Å². The molecule has 0 aliphatic rings. The van der Waals surface area contributed by atoms with Gasteiger partial charge in [0.05, 0.1) is 12.0 Å². The summed E-state index contributed by atoms with van der Waals surface area (Å²) in [5, 5.41) is 0. The Labute approximate surface area is 100 Å². The average molecular weight is 230 g/mol. The lowest BCUT2D eigenvalue weighted by atomic mass is 10.0. The van der Waals surface area contributed by atoms with Gasteiger partial charge < -0.3 is 4.98 Å². The summed E-state index contributed by atoms with van der Waals surface area (Å²) in [5.74, 6) is 0. The van der Waals surface area contributed by atoms with Crippen LogP contribution in [-0.2, 0) is 6.42 Å². The number of hydrogen-bond acceptors (Lipinski definition) is 2. The summed E-state index contributed by atoms with van der Waals surface area (Å²) in [6.07, 6.45) is 2.56. The lowest BCUT2D eigenvalue weighted by Gasteiger charge is -2.08. The maximum absolute atomic E-state index is 5.24. The molecule has 1 N–H and O–H groups in total. The molecule has 2 aromatic rings. The van der Waals surface area contributed by atoms with Gasteiger partial charge in [-0.15, -0.1) is 0 Å². The standard InChI is InChI=1S/C13H14N2S/c1-3-11-12(14-8-15-13(11)16)10-6-4-5-9(2)7-10/h4-8H,3H2,1-2H3,(H,14,15,16). The minimum absolute atomic E-state index is 0.692. The van der Waals surface area contributed by atoms with Crippen LogP contribution in [0.4, 0.5) is 0 Å². The Morgan fingerprint density at radius 2 is 2.19 bits per heavy atom. The van der Waals surface area contributed by atoms with Crippen LogP contribution in [0.3, 0.4) is 0 Å². The van der Waals surface area contributed by atoms with Crippen molar-refractivity contribution in [2.75, 3.05) is 0 Å². The van der Waals surface area contributed by atoms with Crippen LogP contribution >= 0.6 is 12.2 Å². The summed E-state index contributed by atoms with van der Waals surface area (Å²) in [6.45, 7) is 4.19. The molecule has 82 valence electrons. The summed E-state index contributed by atoms with van der Waals surface area (Å²) in [4.78, 5) is 7.31. The minimum atomic E-state index is 0.692. The van der Waals surface area contributed by atoms with Crippen molar-refractivity contribution in [1.82, 2.24) is 9.97 Å². The predicted octanol–water partition coefficient (Wildman–Crippen LogP) is 3.68. The predicted molar refractivity (Wildman–Crippen MR) is 69.0 cm³/mol. The maximum atomic E-state index is 5.24. The van der Waals surface area contributed by atoms with E-state index < -0.39 is 0 Å². The molecule has 0 spiro atoms. The molecule has 2 nitrogen and oxygen atoms in total. The first-order chi connectivity index (χ1) is 7.72. The first-order valence-electron chi connectivity index (χ1n) is 5.36. The van der Waals surface area contributed by atoms with Gasteiger partial charge in [-0.1, -0.05) is 42.9 Å². The zero-order chi connectivity index (χ0) is 11.5. The summed E-state index contributed by atoms with van der Waals surface area (Å²) < 4.78 is 0.692. The van der Waals surface area contributed by atoms with E-state index in [2.05, 4.69) is 48.1 Å². The van der Waals surface area contributed by atoms with Crippen molar-refractivity contribution in [3.05, 3.63) is 46.4 Å². The van der Waals surface area contributed by atoms with Gasteiger partial charge in [-0.05, 0) is 25.0 Å². The molecular formula is C13H14N2S. The fourth-order valence-corrected chi connectivity index (χ4v) is 2.11. The van der Waals surface area contributed by atoms with Gasteiger partial charge in [0.25, 0.3) is 0 Å². The average Bonchev–Trinajstić information content (AvgIpc) is 2.28. The van der Waals surface area contributed by atoms with E-state index in [4.69, 9.17) is 12.2 Å². The Morgan fingerprint density at radius 1 is 1.38 bits per heavy atom. The second kappa shape index (κ2) is 4.58. The van der Waals surface area contributed by atoms with E-state index in [0.717, 1.165) is 17.7 Å². The van der Waals surface area contributed by atoms with Crippen LogP contribution in [0.25, 0.3) is 11.3 Å². The smallest absolute Gasteiger partial charge is 0.133 e. The molecule has 0 saturated heterocycles. The second-order valence-electron chi connectivity index (χ2n) is 3.78. The van der Waals surface area contributed by atoms with Gasteiger partial charge in [-0.25, -0.2) is 4.98 Å². The van der Waals surface area contributed by atoms with Gasteiger partial charge in [-0.2, -0.15) is 0 Å². The van der Waals surface area contributed by atoms with Gasteiger partial charge in [0, 0.05) is 5.56 Å². The third-order valence-corrected chi connectivity index (χ3v) is 2.96. The molecule has 0 aliphatic carbocycles. The van der Waals surface area contributed by atoms with Crippen molar-refractivity contribution < 1.29 is 0 Å². The number of nitrogens with one attached hydrogen (secondary N) is 1. The molecule has 0 saturated carbocycles. The molecule has 1 aromatic heterocycles. The SMILES string of the molecule is CCc1c(-c2cccc(C)c2)[nH]cnc1=S. The van der Waals surface area contributed by atoms with Gasteiger partial charge in [0.2, 0.25) is 0 Å². The van der Waals surface area contributed by atoms with Gasteiger partial charge in [-0.3, -0.25) is 0 Å². The van der Waals surface area contributed by atoms with Gasteiger partial charge >= 0.3 is 0 Å². The minimum Gasteiger partial charge on any atom is -0.346 e. The molecule has 2 rings (SSSR count). The molecule has 1 heterocycles. The summed E-state index contributed by atoms with van der Waals surface area (Å²) in [5.41, 5.74) is 4.62. The lowest BCUT2D eigenvalue weighted by molar-refractivity contribution is 1.04. The third-order valence-electron chi connectivity index (χ3n) is 2.61. The number of H-pyrrole nitrogens is 1. The Balaban J connectivity index is 2.64. The van der Waals surface area contributed by atoms with Crippen LogP contribution in [-0.4, -0.2) is 9.97 Å². The fourth-order valence-electron chi connectivity index (χ4n) is 1.81. The van der Waals surface area contributed by atoms with Gasteiger partial charge in [0.1, 0.15) is 4.64 Å². The van der Waals surface area contributed by atoms with E-state index in [1.54, 1.807) is 6.33 Å². The van der Waals surface area contributed by atoms with Crippen molar-refractivity contribution in [2.45, 2.75) is 20.3 Å². The summed E-state index contributed by atoms with van der Waals surface area (Å²) in [7, 11) is 0. The molecule has 0 bridgehead atoms. The highest BCUT2D eigenvalue weighted by molar-refractivity contribution is 7.71. The summed E-state index contributed by atoms with van der Waals surface area (Å²) in [6, 6.07) is 8.39. The van der Waals surface area contributed by atoms with E-state index in [-0.39, 0.29) is 0 Å². The van der Waals surface area contributed by atoms with Crippen LogP contribution < -0.4 is 0 Å². The van der Waals surface area contributed by atoms with E-state index in [1.165, 1.54) is 11.1 Å². The molecule has 1 aromatic carbocycles. The van der Waals surface area contributed by atoms with Crippen LogP contribution in [0.5, 0.6) is 0 Å². The fraction of sp³-hybridized carbons (Fsp3) is 0.231. The van der Waals surface area contributed by atoms with Crippen molar-refractivity contribution in [3.63, 3.8) is 0 Å². The number of aromatic nitrogens is 2. The molecule has 0 unspecified atom stereocenters. The number of aromatic amines is 1. The van der Waals surface area contributed by atoms with E-state index in [1.807, 2.05) is 0 Å². The molecule has 0 atom stereocenters. The quantitative estimate of drug-likeness (QED) is 0.797. The Bertz CT molecular complexity index is 558. The zero-order valence-electron chi connectivity index (χ0n) is 9.45. The van der Waals surface area contributed by atoms with Crippen LogP contribution in [0.15, 0.2) is 30.6 Å². The largest absolute Gasteiger partial charge is 0.346 e. The van der Waals surface area contributed by atoms with Crippen molar-refractivity contribution in [1.29, 1.82) is 0 Å². The number of rotatable bonds is 2. The first kappa shape index (κ1) is 11.0. The highest BCUT2D eigenvalue weighted by atomic mass is 32.1. The number of benzene rings is 1. The van der Waals surface area contributed by atoms with E-state index in [9.17, 15) is 0 Å². The van der Waals surface area contributed by atoms with Crippen molar-refractivity contribution in [3.8, 4) is 11.3 Å². The molecule has 0 radical (unpaired) electrons. The second-order valence-corrected chi connectivity index (χ2v) is 4.17. The van der Waals surface area contributed by atoms with Crippen LogP contribution in [0, 0.1) is 11.6 Å². The molecule has 0 amide bonds. The maximum Gasteiger partial charge on any atom is 0.133 e.